The van der Waals surface area contributed by atoms with E-state index in [2.05, 4.69) is 218 Å². The molecule has 1 heteroatoms. The first-order chi connectivity index (χ1) is 27.2. The van der Waals surface area contributed by atoms with Gasteiger partial charge in [0.25, 0.3) is 0 Å². The van der Waals surface area contributed by atoms with Crippen molar-refractivity contribution < 1.29 is 0 Å². The van der Waals surface area contributed by atoms with Crippen molar-refractivity contribution in [3.8, 4) is 22.3 Å². The van der Waals surface area contributed by atoms with Crippen LogP contribution in [0.15, 0.2) is 206 Å². The number of para-hydroxylation sites is 1. The molecule has 0 radical (unpaired) electrons. The van der Waals surface area contributed by atoms with E-state index < -0.39 is 0 Å². The third-order valence-electron chi connectivity index (χ3n) is 12.3. The van der Waals surface area contributed by atoms with Crippen LogP contribution in [0.4, 0.5) is 11.4 Å². The van der Waals surface area contributed by atoms with Gasteiger partial charge in [-0.3, -0.25) is 0 Å². The molecule has 4 aliphatic rings. The summed E-state index contributed by atoms with van der Waals surface area (Å²) in [5.41, 5.74) is 18.8. The van der Waals surface area contributed by atoms with E-state index in [4.69, 9.17) is 0 Å². The van der Waals surface area contributed by atoms with Gasteiger partial charge in [-0.15, -0.1) is 0 Å². The van der Waals surface area contributed by atoms with Crippen LogP contribution in [0.2, 0.25) is 0 Å². The minimum atomic E-state index is -0.180. The van der Waals surface area contributed by atoms with E-state index in [1.54, 1.807) is 0 Å². The number of aryl methyl sites for hydroxylation is 1. The highest BCUT2D eigenvalue weighted by molar-refractivity contribution is 5.95. The van der Waals surface area contributed by atoms with Crippen molar-refractivity contribution in [3.05, 3.63) is 245 Å². The zero-order valence-electron chi connectivity index (χ0n) is 30.7. The van der Waals surface area contributed by atoms with Crippen LogP contribution in [0.25, 0.3) is 38.6 Å². The monoisotopic (exact) mass is 701 g/mol. The number of allylic oxidation sites excluding steroid dienone is 2. The van der Waals surface area contributed by atoms with Gasteiger partial charge in [0.15, 0.2) is 0 Å². The largest absolute Gasteiger partial charge is 0.333 e. The summed E-state index contributed by atoms with van der Waals surface area (Å²) in [4.78, 5) is 2.51. The summed E-state index contributed by atoms with van der Waals surface area (Å²) < 4.78 is 0. The van der Waals surface area contributed by atoms with Gasteiger partial charge in [0.05, 0.1) is 11.5 Å². The average molecular weight is 702 g/mol. The molecule has 8 aromatic rings. The molecule has 0 N–H and O–H groups in total. The van der Waals surface area contributed by atoms with Crippen LogP contribution in [0.5, 0.6) is 0 Å². The third kappa shape index (κ3) is 4.73. The molecule has 2 unspecified atom stereocenters. The maximum atomic E-state index is 2.51. The van der Waals surface area contributed by atoms with Gasteiger partial charge in [-0.1, -0.05) is 194 Å². The summed E-state index contributed by atoms with van der Waals surface area (Å²) in [6.07, 6.45) is 7.15. The fraction of sp³-hybridized carbons (Fsp3) is 0.0741. The lowest BCUT2D eigenvalue weighted by molar-refractivity contribution is 0.747. The number of fused-ring (bicyclic) bond motifs is 14. The third-order valence-corrected chi connectivity index (χ3v) is 12.3. The normalized spacial score (nSPS) is 17.3. The van der Waals surface area contributed by atoms with Crippen molar-refractivity contribution in [2.24, 2.45) is 0 Å². The number of benzene rings is 8. The highest BCUT2D eigenvalue weighted by atomic mass is 15.2. The lowest BCUT2D eigenvalue weighted by Crippen LogP contribution is -2.28. The molecule has 0 bridgehead atoms. The Hall–Kier alpha value is -6.70. The molecule has 12 rings (SSSR count). The number of hydrogen-bond acceptors (Lipinski definition) is 1. The van der Waals surface area contributed by atoms with Crippen molar-refractivity contribution in [1.29, 1.82) is 0 Å². The highest BCUT2D eigenvalue weighted by Crippen LogP contribution is 2.62. The Morgan fingerprint density at radius 2 is 1.02 bits per heavy atom. The number of anilines is 2. The number of nitrogens with zero attached hydrogens (tertiary/aromatic N) is 1. The Balaban J connectivity index is 0.000000130. The van der Waals surface area contributed by atoms with Crippen LogP contribution in [0.1, 0.15) is 44.9 Å². The minimum Gasteiger partial charge on any atom is -0.333 e. The van der Waals surface area contributed by atoms with Gasteiger partial charge in [-0.25, -0.2) is 0 Å². The van der Waals surface area contributed by atoms with E-state index in [0.717, 1.165) is 0 Å². The predicted octanol–water partition coefficient (Wildman–Crippen LogP) is 13.4. The lowest BCUT2D eigenvalue weighted by Gasteiger charge is -2.30. The SMILES string of the molecule is Cc1cccc(C2=CC3c4ccccc4N(c4ccc5ccccc5c4)C3C=C2)c1.c1ccc2c(c1)-c1ccccc1C21c2ccccc2-c2ccccc21. The topological polar surface area (TPSA) is 3.24 Å². The lowest BCUT2D eigenvalue weighted by atomic mass is 9.70. The second-order valence-corrected chi connectivity index (χ2v) is 15.3. The minimum absolute atomic E-state index is 0.180. The van der Waals surface area contributed by atoms with Crippen LogP contribution in [0, 0.1) is 6.92 Å². The zero-order chi connectivity index (χ0) is 36.5. The second kappa shape index (κ2) is 12.4. The van der Waals surface area contributed by atoms with Gasteiger partial charge in [-0.2, -0.15) is 0 Å². The Kier molecular flexibility index (Phi) is 7.19. The van der Waals surface area contributed by atoms with Crippen molar-refractivity contribution in [2.45, 2.75) is 24.3 Å². The number of rotatable bonds is 2. The number of hydrogen-bond donors (Lipinski definition) is 0. The van der Waals surface area contributed by atoms with Gasteiger partial charge in [-0.05, 0) is 97.1 Å². The average Bonchev–Trinajstić information content (AvgIpc) is 3.85. The second-order valence-electron chi connectivity index (χ2n) is 15.3. The predicted molar refractivity (Wildman–Crippen MR) is 230 cm³/mol. The van der Waals surface area contributed by atoms with Crippen LogP contribution < -0.4 is 4.90 Å². The van der Waals surface area contributed by atoms with E-state index in [0.29, 0.717) is 12.0 Å². The molecule has 260 valence electrons. The molecule has 3 aliphatic carbocycles. The van der Waals surface area contributed by atoms with Crippen molar-refractivity contribution >= 4 is 27.7 Å². The standard InChI is InChI=1S/C29H23N.C25H16/c1-20-7-6-10-22(17-20)24-14-16-29-27(19-24)26-11-4-5-12-28(26)30(29)25-15-13-21-8-2-3-9-23(21)18-25;1-5-13-21-17(9-1)18-10-2-6-14-22(18)25(21)23-15-7-3-11-19(23)20-12-4-8-16-24(20)25/h2-19,27,29H,1H3;1-16H. The molecule has 2 atom stereocenters. The van der Waals surface area contributed by atoms with Gasteiger partial charge < -0.3 is 4.90 Å². The fourth-order valence-corrected chi connectivity index (χ4v) is 10.0. The molecular weight excluding hydrogens is 663 g/mol. The van der Waals surface area contributed by atoms with Crippen LogP contribution in [-0.2, 0) is 5.41 Å². The van der Waals surface area contributed by atoms with Crippen molar-refractivity contribution in [3.63, 3.8) is 0 Å². The van der Waals surface area contributed by atoms with E-state index >= 15 is 0 Å². The first-order valence-corrected chi connectivity index (χ1v) is 19.4. The molecule has 55 heavy (non-hydrogen) atoms. The maximum Gasteiger partial charge on any atom is 0.0725 e. The summed E-state index contributed by atoms with van der Waals surface area (Å²) in [5.74, 6) is 0.355. The molecule has 1 aliphatic heterocycles. The first kappa shape index (κ1) is 31.8. The maximum absolute atomic E-state index is 2.51. The van der Waals surface area contributed by atoms with E-state index in [-0.39, 0.29) is 5.41 Å². The van der Waals surface area contributed by atoms with Crippen LogP contribution in [0.3, 0.4) is 0 Å². The van der Waals surface area contributed by atoms with E-state index in [9.17, 15) is 0 Å². The smallest absolute Gasteiger partial charge is 0.0725 e. The molecule has 0 saturated carbocycles. The van der Waals surface area contributed by atoms with E-state index in [1.165, 1.54) is 88.9 Å². The molecular formula is C54H39N. The molecule has 0 aromatic heterocycles. The van der Waals surface area contributed by atoms with Crippen molar-refractivity contribution in [2.75, 3.05) is 4.90 Å². The zero-order valence-corrected chi connectivity index (χ0v) is 30.7. The van der Waals surface area contributed by atoms with Gasteiger partial charge in [0.1, 0.15) is 0 Å². The molecule has 8 aromatic carbocycles. The van der Waals surface area contributed by atoms with Crippen molar-refractivity contribution in [1.82, 2.24) is 0 Å². The summed E-state index contributed by atoms with van der Waals surface area (Å²) >= 11 is 0. The molecule has 1 spiro atoms. The van der Waals surface area contributed by atoms with E-state index in [1.807, 2.05) is 0 Å². The molecule has 1 heterocycles. The van der Waals surface area contributed by atoms with Gasteiger partial charge in [0, 0.05) is 17.3 Å². The molecule has 0 saturated heterocycles. The summed E-state index contributed by atoms with van der Waals surface area (Å²) in [5, 5.41) is 2.57. The Labute approximate surface area is 323 Å². The van der Waals surface area contributed by atoms with Gasteiger partial charge in [0.2, 0.25) is 0 Å². The summed E-state index contributed by atoms with van der Waals surface area (Å²) in [6.45, 7) is 2.16. The summed E-state index contributed by atoms with van der Waals surface area (Å²) in [7, 11) is 0. The van der Waals surface area contributed by atoms with Crippen LogP contribution >= 0.6 is 0 Å². The summed E-state index contributed by atoms with van der Waals surface area (Å²) in [6, 6.07) is 69.0. The quantitative estimate of drug-likeness (QED) is 0.173. The Morgan fingerprint density at radius 1 is 0.473 bits per heavy atom. The van der Waals surface area contributed by atoms with Crippen LogP contribution in [-0.4, -0.2) is 6.04 Å². The molecule has 0 fully saturated rings. The first-order valence-electron chi connectivity index (χ1n) is 19.4. The van der Waals surface area contributed by atoms with Gasteiger partial charge >= 0.3 is 0 Å². The Bertz CT molecular complexity index is 2680. The molecule has 0 amide bonds. The highest BCUT2D eigenvalue weighted by Gasteiger charge is 2.51. The fourth-order valence-electron chi connectivity index (χ4n) is 10.0. The molecule has 1 nitrogen and oxygen atoms in total. The Morgan fingerprint density at radius 3 is 1.64 bits per heavy atom.